The maximum absolute atomic E-state index is 14.1. The summed E-state index contributed by atoms with van der Waals surface area (Å²) in [6, 6.07) is 9.63. The van der Waals surface area contributed by atoms with Crippen molar-refractivity contribution in [3.63, 3.8) is 0 Å². The molecule has 0 spiro atoms. The number of hydrogen-bond donors (Lipinski definition) is 3. The Morgan fingerprint density at radius 1 is 1.18 bits per heavy atom. The molecule has 12 heteroatoms. The third-order valence-electron chi connectivity index (χ3n) is 5.41. The van der Waals surface area contributed by atoms with Gasteiger partial charge < -0.3 is 14.9 Å². The van der Waals surface area contributed by atoms with Gasteiger partial charge in [-0.3, -0.25) is 13.7 Å². The summed E-state index contributed by atoms with van der Waals surface area (Å²) in [5.74, 6) is -1.11. The van der Waals surface area contributed by atoms with Crippen molar-refractivity contribution < 1.29 is 33.0 Å². The molecular formula is C21H18BrF2N2O6P. The highest BCUT2D eigenvalue weighted by Gasteiger charge is 2.51. The molecule has 0 atom stereocenters. The molecule has 0 saturated heterocycles. The summed E-state index contributed by atoms with van der Waals surface area (Å²) in [7, 11) is -5.74. The Morgan fingerprint density at radius 3 is 2.45 bits per heavy atom. The topological polar surface area (TPSA) is 122 Å². The highest BCUT2D eigenvalue weighted by molar-refractivity contribution is 9.10. The van der Waals surface area contributed by atoms with Crippen molar-refractivity contribution in [2.45, 2.75) is 31.1 Å². The van der Waals surface area contributed by atoms with Gasteiger partial charge in [0.2, 0.25) is 0 Å². The minimum Gasteiger partial charge on any atom is -0.478 e. The molecule has 3 aromatic rings. The minimum atomic E-state index is -5.74. The Bertz CT molecular complexity index is 1360. The van der Waals surface area contributed by atoms with E-state index in [0.29, 0.717) is 16.8 Å². The molecule has 8 nitrogen and oxygen atoms in total. The van der Waals surface area contributed by atoms with Gasteiger partial charge in [0.05, 0.1) is 17.8 Å². The molecule has 0 aliphatic heterocycles. The number of carboxylic acid groups (broad SMARTS) is 1. The predicted molar refractivity (Wildman–Crippen MR) is 119 cm³/mol. The number of imidazole rings is 1. The summed E-state index contributed by atoms with van der Waals surface area (Å²) in [6.45, 7) is -0.0223. The second kappa shape index (κ2) is 8.32. The van der Waals surface area contributed by atoms with E-state index in [4.69, 9.17) is 9.79 Å². The molecule has 1 heterocycles. The van der Waals surface area contributed by atoms with Gasteiger partial charge in [-0.1, -0.05) is 40.2 Å². The van der Waals surface area contributed by atoms with Gasteiger partial charge in [0.1, 0.15) is 0 Å². The lowest BCUT2D eigenvalue weighted by atomic mass is 10.1. The first-order valence-corrected chi connectivity index (χ1v) is 12.2. The second-order valence-corrected chi connectivity index (χ2v) is 10.3. The molecule has 174 valence electrons. The van der Waals surface area contributed by atoms with Crippen LogP contribution in [-0.2, 0) is 16.8 Å². The van der Waals surface area contributed by atoms with Gasteiger partial charge in [-0.25, -0.2) is 9.59 Å². The average Bonchev–Trinajstić information content (AvgIpc) is 3.52. The van der Waals surface area contributed by atoms with Crippen LogP contribution >= 0.6 is 23.5 Å². The quantitative estimate of drug-likeness (QED) is 0.381. The molecule has 2 aromatic carbocycles. The molecule has 1 saturated carbocycles. The zero-order chi connectivity index (χ0) is 24.1. The Balaban J connectivity index is 1.77. The van der Waals surface area contributed by atoms with E-state index < -0.39 is 24.8 Å². The predicted octanol–water partition coefficient (Wildman–Crippen LogP) is 4.39. The van der Waals surface area contributed by atoms with Crippen LogP contribution in [0.15, 0.2) is 57.9 Å². The van der Waals surface area contributed by atoms with Crippen molar-refractivity contribution in [3.8, 4) is 11.3 Å². The zero-order valence-electron chi connectivity index (χ0n) is 16.9. The fraction of sp³-hybridized carbons (Fsp3) is 0.238. The van der Waals surface area contributed by atoms with Gasteiger partial charge in [-0.2, -0.15) is 8.78 Å². The molecular weight excluding hydrogens is 525 g/mol. The van der Waals surface area contributed by atoms with Crippen LogP contribution in [0.4, 0.5) is 8.78 Å². The lowest BCUT2D eigenvalue weighted by Gasteiger charge is -2.19. The lowest BCUT2D eigenvalue weighted by Crippen LogP contribution is -2.24. The van der Waals surface area contributed by atoms with E-state index >= 15 is 0 Å². The lowest BCUT2D eigenvalue weighted by molar-refractivity contribution is 0.0557. The van der Waals surface area contributed by atoms with Crippen LogP contribution in [0.5, 0.6) is 0 Å². The maximum Gasteiger partial charge on any atom is 0.399 e. The Morgan fingerprint density at radius 2 is 1.88 bits per heavy atom. The van der Waals surface area contributed by atoms with Crippen molar-refractivity contribution >= 4 is 29.5 Å². The highest BCUT2D eigenvalue weighted by Crippen LogP contribution is 2.60. The van der Waals surface area contributed by atoms with Crippen LogP contribution in [-0.4, -0.2) is 30.0 Å². The molecule has 1 aliphatic rings. The molecule has 0 bridgehead atoms. The summed E-state index contributed by atoms with van der Waals surface area (Å²) >= 11 is 2.95. The van der Waals surface area contributed by atoms with Crippen LogP contribution in [0.1, 0.15) is 40.4 Å². The van der Waals surface area contributed by atoms with E-state index in [-0.39, 0.29) is 28.3 Å². The van der Waals surface area contributed by atoms with Crippen LogP contribution in [0.2, 0.25) is 0 Å². The third-order valence-corrected chi connectivity index (χ3v) is 7.04. The van der Waals surface area contributed by atoms with Gasteiger partial charge in [0, 0.05) is 27.8 Å². The molecule has 1 aromatic heterocycles. The fourth-order valence-corrected chi connectivity index (χ4v) is 4.89. The summed E-state index contributed by atoms with van der Waals surface area (Å²) < 4.78 is 42.3. The smallest absolute Gasteiger partial charge is 0.399 e. The number of halogens is 3. The van der Waals surface area contributed by atoms with E-state index in [0.717, 1.165) is 18.9 Å². The molecule has 33 heavy (non-hydrogen) atoms. The summed E-state index contributed by atoms with van der Waals surface area (Å²) in [5.41, 5.74) is -4.11. The number of alkyl halides is 2. The highest BCUT2D eigenvalue weighted by atomic mass is 79.9. The van der Waals surface area contributed by atoms with E-state index in [1.165, 1.54) is 28.8 Å². The number of carbonyl (C=O) groups is 1. The first-order valence-electron chi connectivity index (χ1n) is 9.78. The standard InChI is InChI=1S/C21H18BrF2N2O6P/c22-17-8-12(4-7-16(17)21(23,24)33(30,31)32)10-26-18(11-25(20(26)29)15-5-6-15)13-2-1-3-14(9-13)19(27)28/h1-4,7-9,11,15H,5-6,10H2,(H,27,28)(H2,30,31,32). The second-order valence-electron chi connectivity index (χ2n) is 7.81. The fourth-order valence-electron chi connectivity index (χ4n) is 3.55. The number of benzene rings is 2. The number of aromatic carboxylic acids is 1. The zero-order valence-corrected chi connectivity index (χ0v) is 19.3. The van der Waals surface area contributed by atoms with Crippen molar-refractivity contribution in [1.82, 2.24) is 9.13 Å². The molecule has 0 radical (unpaired) electrons. The molecule has 0 amide bonds. The van der Waals surface area contributed by atoms with Crippen LogP contribution in [0, 0.1) is 0 Å². The van der Waals surface area contributed by atoms with Gasteiger partial charge in [-0.05, 0) is 36.6 Å². The summed E-state index contributed by atoms with van der Waals surface area (Å²) in [6.07, 6.45) is 3.35. The van der Waals surface area contributed by atoms with E-state index in [1.54, 1.807) is 22.9 Å². The molecule has 1 fully saturated rings. The van der Waals surface area contributed by atoms with E-state index in [2.05, 4.69) is 15.9 Å². The van der Waals surface area contributed by atoms with Crippen molar-refractivity contribution in [2.75, 3.05) is 0 Å². The molecule has 1 aliphatic carbocycles. The first-order chi connectivity index (χ1) is 15.4. The number of rotatable bonds is 7. The Hall–Kier alpha value is -2.59. The monoisotopic (exact) mass is 542 g/mol. The number of aromatic nitrogens is 2. The SMILES string of the molecule is O=C(O)c1cccc(-c2cn(C3CC3)c(=O)n2Cc2ccc(C(F)(F)P(=O)(O)O)c(Br)c2)c1. The van der Waals surface area contributed by atoms with Crippen molar-refractivity contribution in [2.24, 2.45) is 0 Å². The Labute approximate surface area is 194 Å². The summed E-state index contributed by atoms with van der Waals surface area (Å²) in [4.78, 5) is 42.5. The first kappa shape index (κ1) is 23.6. The third kappa shape index (κ3) is 4.46. The van der Waals surface area contributed by atoms with E-state index in [9.17, 15) is 28.0 Å². The Kier molecular flexibility index (Phi) is 5.94. The molecule has 4 rings (SSSR count). The van der Waals surface area contributed by atoms with Gasteiger partial charge in [-0.15, -0.1) is 0 Å². The molecule has 0 unspecified atom stereocenters. The van der Waals surface area contributed by atoms with Crippen LogP contribution < -0.4 is 5.69 Å². The van der Waals surface area contributed by atoms with E-state index in [1.807, 2.05) is 0 Å². The van der Waals surface area contributed by atoms with Crippen molar-refractivity contribution in [3.05, 3.63) is 80.3 Å². The van der Waals surface area contributed by atoms with Crippen LogP contribution in [0.25, 0.3) is 11.3 Å². The number of nitrogens with zero attached hydrogens (tertiary/aromatic N) is 2. The summed E-state index contributed by atoms with van der Waals surface area (Å²) in [5, 5.41) is 9.30. The van der Waals surface area contributed by atoms with Crippen LogP contribution in [0.3, 0.4) is 0 Å². The van der Waals surface area contributed by atoms with Gasteiger partial charge >= 0.3 is 24.9 Å². The van der Waals surface area contributed by atoms with Gasteiger partial charge in [0.25, 0.3) is 0 Å². The van der Waals surface area contributed by atoms with Crippen molar-refractivity contribution in [1.29, 1.82) is 0 Å². The van der Waals surface area contributed by atoms with Gasteiger partial charge in [0.15, 0.2) is 0 Å². The largest absolute Gasteiger partial charge is 0.478 e. The number of hydrogen-bond acceptors (Lipinski definition) is 3. The molecule has 3 N–H and O–H groups in total. The minimum absolute atomic E-state index is 0.0223. The number of carboxylic acids is 1. The average molecular weight is 543 g/mol. The maximum atomic E-state index is 14.1. The normalized spacial score (nSPS) is 14.5.